The Hall–Kier alpha value is -3.78. The van der Waals surface area contributed by atoms with Crippen molar-refractivity contribution in [2.24, 2.45) is 0 Å². The van der Waals surface area contributed by atoms with Crippen molar-refractivity contribution >= 4 is 34.1 Å². The van der Waals surface area contributed by atoms with Gasteiger partial charge in [0.15, 0.2) is 11.0 Å². The summed E-state index contributed by atoms with van der Waals surface area (Å²) in [7, 11) is 0. The van der Waals surface area contributed by atoms with Crippen molar-refractivity contribution in [3.05, 3.63) is 86.0 Å². The highest BCUT2D eigenvalue weighted by Crippen LogP contribution is 2.27. The third-order valence-corrected chi connectivity index (χ3v) is 5.69. The van der Waals surface area contributed by atoms with Gasteiger partial charge in [0.05, 0.1) is 17.4 Å². The van der Waals surface area contributed by atoms with E-state index in [9.17, 15) is 14.4 Å². The monoisotopic (exact) mass is 433 g/mol. The summed E-state index contributed by atoms with van der Waals surface area (Å²) < 4.78 is 6.04. The third kappa shape index (κ3) is 4.24. The van der Waals surface area contributed by atoms with Crippen LogP contribution in [0.4, 0.5) is 0 Å². The van der Waals surface area contributed by atoms with E-state index in [0.717, 1.165) is 11.3 Å². The lowest BCUT2D eigenvalue weighted by molar-refractivity contribution is -0.121. The van der Waals surface area contributed by atoms with Crippen molar-refractivity contribution in [2.45, 2.75) is 20.3 Å². The molecule has 0 atom stereocenters. The number of para-hydroxylation sites is 1. The Labute approximate surface area is 181 Å². The minimum Gasteiger partial charge on any atom is -0.455 e. The first-order chi connectivity index (χ1) is 14.9. The largest absolute Gasteiger partial charge is 0.455 e. The Morgan fingerprint density at radius 2 is 1.81 bits per heavy atom. The fourth-order valence-corrected chi connectivity index (χ4v) is 3.98. The average molecular weight is 433 g/mol. The van der Waals surface area contributed by atoms with Crippen molar-refractivity contribution in [3.8, 4) is 11.3 Å². The van der Waals surface area contributed by atoms with Gasteiger partial charge >= 0.3 is 0 Å². The standard InChI is InChI=1S/C23H19N3O4S/c1-13-12-31-19(24-13)11-18(27)25-26-23(29)17-10-6-9-16-20(28)14(2)21(30-22(16)17)15-7-4-3-5-8-15/h3-10,12H,11H2,1-2H3,(H,25,27)(H,26,29). The summed E-state index contributed by atoms with van der Waals surface area (Å²) in [6.07, 6.45) is 0.0563. The highest BCUT2D eigenvalue weighted by molar-refractivity contribution is 7.09. The Kier molecular flexibility index (Phi) is 5.64. The molecule has 0 fully saturated rings. The summed E-state index contributed by atoms with van der Waals surface area (Å²) in [5.74, 6) is -0.577. The van der Waals surface area contributed by atoms with Gasteiger partial charge in [-0.3, -0.25) is 25.2 Å². The van der Waals surface area contributed by atoms with E-state index in [4.69, 9.17) is 4.42 Å². The van der Waals surface area contributed by atoms with Crippen LogP contribution in [0.3, 0.4) is 0 Å². The molecule has 7 nitrogen and oxygen atoms in total. The second-order valence-electron chi connectivity index (χ2n) is 7.00. The molecule has 0 spiro atoms. The molecule has 2 amide bonds. The van der Waals surface area contributed by atoms with Gasteiger partial charge in [0.2, 0.25) is 5.91 Å². The number of carbonyl (C=O) groups is 2. The van der Waals surface area contributed by atoms with Crippen LogP contribution in [0.15, 0.2) is 63.1 Å². The van der Waals surface area contributed by atoms with Gasteiger partial charge in [-0.2, -0.15) is 0 Å². The summed E-state index contributed by atoms with van der Waals surface area (Å²) in [6.45, 7) is 3.54. The fraction of sp³-hybridized carbons (Fsp3) is 0.130. The van der Waals surface area contributed by atoms with Crippen molar-refractivity contribution in [3.63, 3.8) is 0 Å². The normalized spacial score (nSPS) is 10.8. The number of hydrogen-bond donors (Lipinski definition) is 2. The number of hydrogen-bond acceptors (Lipinski definition) is 6. The molecule has 0 aliphatic carbocycles. The van der Waals surface area contributed by atoms with Crippen molar-refractivity contribution in [1.82, 2.24) is 15.8 Å². The molecule has 31 heavy (non-hydrogen) atoms. The maximum absolute atomic E-state index is 12.9. The van der Waals surface area contributed by atoms with E-state index < -0.39 is 11.8 Å². The first-order valence-electron chi connectivity index (χ1n) is 9.56. The van der Waals surface area contributed by atoms with Crippen LogP contribution in [0.2, 0.25) is 0 Å². The van der Waals surface area contributed by atoms with Gasteiger partial charge in [-0.25, -0.2) is 4.98 Å². The second kappa shape index (κ2) is 8.53. The topological polar surface area (TPSA) is 101 Å². The number of thiazole rings is 1. The molecule has 0 aliphatic rings. The number of rotatable bonds is 4. The van der Waals surface area contributed by atoms with Gasteiger partial charge in [0.1, 0.15) is 10.8 Å². The molecule has 2 N–H and O–H groups in total. The maximum Gasteiger partial charge on any atom is 0.273 e. The molecule has 156 valence electrons. The van der Waals surface area contributed by atoms with Gasteiger partial charge in [0.25, 0.3) is 5.91 Å². The highest BCUT2D eigenvalue weighted by Gasteiger charge is 2.19. The SMILES string of the molecule is Cc1csc(CC(=O)NNC(=O)c2cccc3c(=O)c(C)c(-c4ccccc4)oc23)n1. The molecule has 4 aromatic rings. The molecule has 2 aromatic heterocycles. The molecule has 0 bridgehead atoms. The third-order valence-electron chi connectivity index (χ3n) is 4.72. The molecule has 0 radical (unpaired) electrons. The minimum absolute atomic E-state index is 0.0563. The van der Waals surface area contributed by atoms with Gasteiger partial charge in [-0.15, -0.1) is 11.3 Å². The van der Waals surface area contributed by atoms with Crippen LogP contribution in [-0.2, 0) is 11.2 Å². The van der Waals surface area contributed by atoms with Crippen LogP contribution in [0.1, 0.15) is 26.6 Å². The maximum atomic E-state index is 12.9. The van der Waals surface area contributed by atoms with Crippen LogP contribution in [0, 0.1) is 13.8 Å². The number of aryl methyl sites for hydroxylation is 1. The Bertz CT molecular complexity index is 1340. The second-order valence-corrected chi connectivity index (χ2v) is 7.94. The Morgan fingerprint density at radius 3 is 2.52 bits per heavy atom. The Morgan fingerprint density at radius 1 is 1.03 bits per heavy atom. The molecule has 0 saturated heterocycles. The van der Waals surface area contributed by atoms with E-state index in [1.165, 1.54) is 11.3 Å². The number of nitrogens with one attached hydrogen (secondary N) is 2. The van der Waals surface area contributed by atoms with Gasteiger partial charge in [0, 0.05) is 22.2 Å². The number of aromatic nitrogens is 1. The van der Waals surface area contributed by atoms with Crippen molar-refractivity contribution in [1.29, 1.82) is 0 Å². The van der Waals surface area contributed by atoms with E-state index in [1.54, 1.807) is 25.1 Å². The number of benzene rings is 2. The molecule has 0 unspecified atom stereocenters. The van der Waals surface area contributed by atoms with Gasteiger partial charge in [-0.1, -0.05) is 36.4 Å². The van der Waals surface area contributed by atoms with E-state index in [0.29, 0.717) is 21.7 Å². The molecule has 0 aliphatic heterocycles. The lowest BCUT2D eigenvalue weighted by Gasteiger charge is -2.11. The zero-order chi connectivity index (χ0) is 22.0. The summed E-state index contributed by atoms with van der Waals surface area (Å²) in [5.41, 5.74) is 6.92. The number of hydrazine groups is 1. The van der Waals surface area contributed by atoms with E-state index in [1.807, 2.05) is 42.6 Å². The van der Waals surface area contributed by atoms with E-state index in [2.05, 4.69) is 15.8 Å². The summed E-state index contributed by atoms with van der Waals surface area (Å²) in [5, 5.41) is 2.81. The Balaban J connectivity index is 1.62. The molecule has 8 heteroatoms. The zero-order valence-electron chi connectivity index (χ0n) is 16.9. The number of fused-ring (bicyclic) bond motifs is 1. The average Bonchev–Trinajstić information content (AvgIpc) is 3.19. The van der Waals surface area contributed by atoms with Gasteiger partial charge < -0.3 is 4.42 Å². The summed E-state index contributed by atoms with van der Waals surface area (Å²) >= 11 is 1.38. The van der Waals surface area contributed by atoms with E-state index >= 15 is 0 Å². The molecule has 4 rings (SSSR count). The van der Waals surface area contributed by atoms with Crippen LogP contribution in [0.25, 0.3) is 22.3 Å². The number of amides is 2. The zero-order valence-corrected chi connectivity index (χ0v) is 17.7. The van der Waals surface area contributed by atoms with Gasteiger partial charge in [-0.05, 0) is 26.0 Å². The van der Waals surface area contributed by atoms with Crippen LogP contribution in [0.5, 0.6) is 0 Å². The highest BCUT2D eigenvalue weighted by atomic mass is 32.1. The summed E-state index contributed by atoms with van der Waals surface area (Å²) in [6, 6.07) is 14.0. The van der Waals surface area contributed by atoms with Crippen LogP contribution >= 0.6 is 11.3 Å². The lowest BCUT2D eigenvalue weighted by Crippen LogP contribution is -2.42. The first-order valence-corrected chi connectivity index (χ1v) is 10.4. The lowest BCUT2D eigenvalue weighted by atomic mass is 10.0. The predicted octanol–water partition coefficient (Wildman–Crippen LogP) is 3.54. The molecule has 2 heterocycles. The molecule has 2 aromatic carbocycles. The number of nitrogens with zero attached hydrogens (tertiary/aromatic N) is 1. The molecular formula is C23H19N3O4S. The fourth-order valence-electron chi connectivity index (χ4n) is 3.21. The van der Waals surface area contributed by atoms with Crippen molar-refractivity contribution in [2.75, 3.05) is 0 Å². The quantitative estimate of drug-likeness (QED) is 0.480. The van der Waals surface area contributed by atoms with Crippen LogP contribution < -0.4 is 16.3 Å². The molecule has 0 saturated carbocycles. The van der Waals surface area contributed by atoms with E-state index in [-0.39, 0.29) is 23.0 Å². The van der Waals surface area contributed by atoms with Crippen molar-refractivity contribution < 1.29 is 14.0 Å². The predicted molar refractivity (Wildman–Crippen MR) is 119 cm³/mol. The van der Waals surface area contributed by atoms with Crippen LogP contribution in [-0.4, -0.2) is 16.8 Å². The summed E-state index contributed by atoms with van der Waals surface area (Å²) in [4.78, 5) is 42.0. The first kappa shape index (κ1) is 20.5. The molecular weight excluding hydrogens is 414 g/mol. The minimum atomic E-state index is -0.583. The smallest absolute Gasteiger partial charge is 0.273 e. The number of carbonyl (C=O) groups excluding carboxylic acids is 2.